The molecule has 0 saturated carbocycles. The van der Waals surface area contributed by atoms with E-state index in [2.05, 4.69) is 81.0 Å². The minimum atomic E-state index is 0.269. The third kappa shape index (κ3) is 8.10. The first-order valence-corrected chi connectivity index (χ1v) is 10.0. The first-order chi connectivity index (χ1) is 10.3. The second-order valence-electron chi connectivity index (χ2n) is 10.5. The monoisotopic (exact) mass is 323 g/mol. The van der Waals surface area contributed by atoms with Gasteiger partial charge in [0.25, 0.3) is 0 Å². The first-order valence-electron chi connectivity index (χ1n) is 10.0. The third-order valence-electron chi connectivity index (χ3n) is 6.20. The molecule has 0 aromatic heterocycles. The molecule has 0 aromatic carbocycles. The van der Waals surface area contributed by atoms with E-state index in [1.54, 1.807) is 0 Å². The molecule has 0 aliphatic carbocycles. The van der Waals surface area contributed by atoms with E-state index in [1.807, 2.05) is 0 Å². The summed E-state index contributed by atoms with van der Waals surface area (Å²) in [5.41, 5.74) is 0.704. The van der Waals surface area contributed by atoms with Crippen molar-refractivity contribution in [3.8, 4) is 0 Å². The van der Waals surface area contributed by atoms with E-state index in [0.29, 0.717) is 10.7 Å². The molecular formula is C21H46BN. The van der Waals surface area contributed by atoms with Crippen LogP contribution in [0.5, 0.6) is 0 Å². The minimum absolute atomic E-state index is 0.269. The van der Waals surface area contributed by atoms with Gasteiger partial charge in [-0.15, -0.1) is 0 Å². The van der Waals surface area contributed by atoms with Gasteiger partial charge >= 0.3 is 0 Å². The molecule has 1 unspecified atom stereocenters. The number of rotatable bonds is 9. The molecule has 1 atom stereocenters. The fraction of sp³-hybridized carbons (Fsp3) is 1.00. The molecule has 0 fully saturated rings. The van der Waals surface area contributed by atoms with Crippen molar-refractivity contribution in [2.75, 3.05) is 13.1 Å². The van der Waals surface area contributed by atoms with Crippen molar-refractivity contribution in [2.45, 2.75) is 112 Å². The predicted molar refractivity (Wildman–Crippen MR) is 110 cm³/mol. The van der Waals surface area contributed by atoms with Crippen LogP contribution in [0.2, 0.25) is 18.5 Å². The highest BCUT2D eigenvalue weighted by Gasteiger charge is 2.34. The van der Waals surface area contributed by atoms with Crippen LogP contribution in [0.15, 0.2) is 0 Å². The van der Waals surface area contributed by atoms with Crippen LogP contribution in [0, 0.1) is 11.3 Å². The highest BCUT2D eigenvalue weighted by molar-refractivity contribution is 6.60. The van der Waals surface area contributed by atoms with Crippen LogP contribution in [0.4, 0.5) is 0 Å². The van der Waals surface area contributed by atoms with Crippen LogP contribution >= 0.6 is 0 Å². The van der Waals surface area contributed by atoms with Gasteiger partial charge in [-0.05, 0) is 45.1 Å². The standard InChI is InChI=1S/C21H46BN/c1-12-15-21(9,10)18(14-16-22(11)19(3,4)5)17-23(13-2)20(6,7)8/h18H,12-17H2,1-11H3. The van der Waals surface area contributed by atoms with Gasteiger partial charge in [0.15, 0.2) is 0 Å². The Morgan fingerprint density at radius 3 is 1.78 bits per heavy atom. The molecule has 1 nitrogen and oxygen atoms in total. The van der Waals surface area contributed by atoms with Gasteiger partial charge in [-0.1, -0.05) is 79.8 Å². The van der Waals surface area contributed by atoms with Crippen LogP contribution in [-0.4, -0.2) is 30.2 Å². The Morgan fingerprint density at radius 1 is 0.913 bits per heavy atom. The van der Waals surface area contributed by atoms with Gasteiger partial charge < -0.3 is 0 Å². The number of hydrogen-bond acceptors (Lipinski definition) is 1. The van der Waals surface area contributed by atoms with Crippen molar-refractivity contribution in [3.63, 3.8) is 0 Å². The first kappa shape index (κ1) is 23.0. The Morgan fingerprint density at radius 2 is 1.43 bits per heavy atom. The summed E-state index contributed by atoms with van der Waals surface area (Å²) in [7, 11) is 0. The Balaban J connectivity index is 5.10. The van der Waals surface area contributed by atoms with Gasteiger partial charge in [-0.25, -0.2) is 0 Å². The maximum absolute atomic E-state index is 2.68. The molecular weight excluding hydrogens is 277 g/mol. The second kappa shape index (κ2) is 8.93. The molecule has 0 rings (SSSR count). The lowest BCUT2D eigenvalue weighted by Gasteiger charge is -2.43. The fourth-order valence-corrected chi connectivity index (χ4v) is 3.61. The van der Waals surface area contributed by atoms with E-state index in [0.717, 1.165) is 19.2 Å². The summed E-state index contributed by atoms with van der Waals surface area (Å²) in [5.74, 6) is 0.784. The average Bonchev–Trinajstić information content (AvgIpc) is 2.35. The summed E-state index contributed by atoms with van der Waals surface area (Å²) in [5, 5.41) is 0.425. The van der Waals surface area contributed by atoms with Crippen molar-refractivity contribution in [3.05, 3.63) is 0 Å². The predicted octanol–water partition coefficient (Wildman–Crippen LogP) is 6.86. The lowest BCUT2D eigenvalue weighted by Crippen LogP contribution is -2.46. The molecule has 0 N–H and O–H groups in total. The summed E-state index contributed by atoms with van der Waals surface area (Å²) in [6.45, 7) is 29.5. The number of hydrogen-bond donors (Lipinski definition) is 0. The van der Waals surface area contributed by atoms with E-state index in [9.17, 15) is 0 Å². The Labute approximate surface area is 149 Å². The molecule has 0 spiro atoms. The third-order valence-corrected chi connectivity index (χ3v) is 6.20. The summed E-state index contributed by atoms with van der Waals surface area (Å²) in [6.07, 6.45) is 5.34. The second-order valence-corrected chi connectivity index (χ2v) is 10.5. The molecule has 0 saturated heterocycles. The molecule has 0 radical (unpaired) electrons. The van der Waals surface area contributed by atoms with Crippen LogP contribution in [0.1, 0.15) is 88.5 Å². The van der Waals surface area contributed by atoms with Crippen LogP contribution in [0.25, 0.3) is 0 Å². The lowest BCUT2D eigenvalue weighted by atomic mass is 9.34. The summed E-state index contributed by atoms with van der Waals surface area (Å²) in [6, 6.07) is 0. The van der Waals surface area contributed by atoms with E-state index < -0.39 is 0 Å². The Hall–Kier alpha value is 0.0249. The van der Waals surface area contributed by atoms with Gasteiger partial charge in [0, 0.05) is 12.1 Å². The quantitative estimate of drug-likeness (QED) is 0.419. The van der Waals surface area contributed by atoms with Gasteiger partial charge in [0.05, 0.1) is 0 Å². The average molecular weight is 323 g/mol. The van der Waals surface area contributed by atoms with Gasteiger partial charge in [-0.2, -0.15) is 0 Å². The molecule has 0 aromatic rings. The maximum Gasteiger partial charge on any atom is 0.142 e. The van der Waals surface area contributed by atoms with Crippen LogP contribution in [0.3, 0.4) is 0 Å². The van der Waals surface area contributed by atoms with Gasteiger partial charge in [0.1, 0.15) is 6.71 Å². The van der Waals surface area contributed by atoms with Crippen LogP contribution in [-0.2, 0) is 0 Å². The zero-order valence-corrected chi connectivity index (χ0v) is 18.3. The fourth-order valence-electron chi connectivity index (χ4n) is 3.61. The zero-order valence-electron chi connectivity index (χ0n) is 18.3. The van der Waals surface area contributed by atoms with E-state index in [-0.39, 0.29) is 5.54 Å². The highest BCUT2D eigenvalue weighted by Crippen LogP contribution is 2.39. The van der Waals surface area contributed by atoms with E-state index in [1.165, 1.54) is 32.1 Å². The molecule has 138 valence electrons. The normalized spacial score (nSPS) is 15.1. The number of nitrogens with zero attached hydrogens (tertiary/aromatic N) is 1. The van der Waals surface area contributed by atoms with Crippen molar-refractivity contribution in [1.82, 2.24) is 4.90 Å². The van der Waals surface area contributed by atoms with Crippen molar-refractivity contribution < 1.29 is 0 Å². The smallest absolute Gasteiger partial charge is 0.142 e. The molecule has 0 bridgehead atoms. The van der Waals surface area contributed by atoms with E-state index >= 15 is 0 Å². The zero-order chi connectivity index (χ0) is 18.5. The SMILES string of the molecule is CCCC(C)(C)C(CCB(C)C(C)(C)C)CN(CC)C(C)(C)C. The maximum atomic E-state index is 2.68. The van der Waals surface area contributed by atoms with Crippen molar-refractivity contribution in [2.24, 2.45) is 11.3 Å². The topological polar surface area (TPSA) is 3.24 Å². The molecule has 23 heavy (non-hydrogen) atoms. The minimum Gasteiger partial charge on any atom is -0.298 e. The van der Waals surface area contributed by atoms with Gasteiger partial charge in [-0.3, -0.25) is 4.90 Å². The van der Waals surface area contributed by atoms with Crippen molar-refractivity contribution in [1.29, 1.82) is 0 Å². The largest absolute Gasteiger partial charge is 0.298 e. The molecule has 0 amide bonds. The Kier molecular flexibility index (Phi) is 8.94. The summed E-state index contributed by atoms with van der Waals surface area (Å²) >= 11 is 0. The molecule has 0 aliphatic heterocycles. The van der Waals surface area contributed by atoms with E-state index in [4.69, 9.17) is 0 Å². The lowest BCUT2D eigenvalue weighted by molar-refractivity contribution is 0.0684. The van der Waals surface area contributed by atoms with Gasteiger partial charge in [0.2, 0.25) is 0 Å². The molecule has 0 heterocycles. The van der Waals surface area contributed by atoms with Crippen molar-refractivity contribution >= 4 is 6.71 Å². The highest BCUT2D eigenvalue weighted by atomic mass is 15.2. The van der Waals surface area contributed by atoms with Crippen LogP contribution < -0.4 is 0 Å². The molecule has 0 aliphatic rings. The molecule has 2 heteroatoms. The Bertz CT molecular complexity index is 322. The summed E-state index contributed by atoms with van der Waals surface area (Å²) < 4.78 is 0. The summed E-state index contributed by atoms with van der Waals surface area (Å²) in [4.78, 5) is 2.68.